The maximum Gasteiger partial charge on any atom is 0.291 e. The molecule has 2 saturated heterocycles. The van der Waals surface area contributed by atoms with Crippen molar-refractivity contribution in [3.05, 3.63) is 71.8 Å². The standard InChI is InChI=1S/C23H27N7O/c1-16(2)19-26-20(28-27-19)18-12-29(11-17-7-4-3-5-8-17)13-23(18)14-30(15-23)22(31)21-24-9-6-10-25-21/h3-10,16,18H,11-15H2,1-2H3,(H,26,27,28). The van der Waals surface area contributed by atoms with E-state index in [0.29, 0.717) is 13.1 Å². The van der Waals surface area contributed by atoms with Crippen molar-refractivity contribution in [2.75, 3.05) is 26.2 Å². The van der Waals surface area contributed by atoms with Crippen LogP contribution in [0.1, 0.15) is 53.5 Å². The van der Waals surface area contributed by atoms with Gasteiger partial charge >= 0.3 is 0 Å². The highest BCUT2D eigenvalue weighted by Gasteiger charge is 2.57. The number of hydrogen-bond acceptors (Lipinski definition) is 6. The Hall–Kier alpha value is -3.13. The van der Waals surface area contributed by atoms with Gasteiger partial charge < -0.3 is 4.90 Å². The molecule has 2 fully saturated rings. The van der Waals surface area contributed by atoms with Gasteiger partial charge in [-0.2, -0.15) is 5.10 Å². The SMILES string of the molecule is CC(C)c1n[nH]c(C2CN(Cc3ccccc3)CC23CN(C(=O)c2ncccn2)C3)n1. The van der Waals surface area contributed by atoms with Crippen LogP contribution in [-0.4, -0.2) is 67.0 Å². The highest BCUT2D eigenvalue weighted by molar-refractivity contribution is 5.91. The molecule has 1 aromatic carbocycles. The van der Waals surface area contributed by atoms with Crippen molar-refractivity contribution < 1.29 is 4.79 Å². The van der Waals surface area contributed by atoms with E-state index in [1.54, 1.807) is 18.5 Å². The van der Waals surface area contributed by atoms with Gasteiger partial charge in [0, 0.05) is 62.4 Å². The zero-order chi connectivity index (χ0) is 21.4. The molecule has 5 rings (SSSR count). The zero-order valence-electron chi connectivity index (χ0n) is 17.9. The monoisotopic (exact) mass is 417 g/mol. The Balaban J connectivity index is 1.37. The van der Waals surface area contributed by atoms with Crippen molar-refractivity contribution in [1.29, 1.82) is 0 Å². The smallest absolute Gasteiger partial charge is 0.291 e. The van der Waals surface area contributed by atoms with Gasteiger partial charge in [-0.15, -0.1) is 0 Å². The van der Waals surface area contributed by atoms with Crippen LogP contribution >= 0.6 is 0 Å². The second-order valence-electron chi connectivity index (χ2n) is 9.04. The van der Waals surface area contributed by atoms with Crippen LogP contribution in [0.4, 0.5) is 0 Å². The van der Waals surface area contributed by atoms with Gasteiger partial charge in [-0.25, -0.2) is 15.0 Å². The van der Waals surface area contributed by atoms with E-state index in [0.717, 1.165) is 31.3 Å². The van der Waals surface area contributed by atoms with Gasteiger partial charge in [0.2, 0.25) is 5.82 Å². The highest BCUT2D eigenvalue weighted by atomic mass is 16.2. The van der Waals surface area contributed by atoms with Gasteiger partial charge in [0.05, 0.1) is 0 Å². The number of benzene rings is 1. The van der Waals surface area contributed by atoms with E-state index in [2.05, 4.69) is 63.2 Å². The van der Waals surface area contributed by atoms with Crippen LogP contribution in [0.25, 0.3) is 0 Å². The first kappa shape index (κ1) is 19.8. The van der Waals surface area contributed by atoms with Crippen LogP contribution in [0.5, 0.6) is 0 Å². The minimum absolute atomic E-state index is 0.0347. The number of carbonyl (C=O) groups excluding carboxylic acids is 1. The van der Waals surface area contributed by atoms with E-state index in [-0.39, 0.29) is 29.0 Å². The summed E-state index contributed by atoms with van der Waals surface area (Å²) in [7, 11) is 0. The molecule has 0 saturated carbocycles. The lowest BCUT2D eigenvalue weighted by Crippen LogP contribution is -2.61. The third kappa shape index (κ3) is 3.72. The minimum atomic E-state index is -0.105. The predicted molar refractivity (Wildman–Crippen MR) is 115 cm³/mol. The number of hydrogen-bond donors (Lipinski definition) is 1. The van der Waals surface area contributed by atoms with Crippen molar-refractivity contribution in [2.45, 2.75) is 32.2 Å². The van der Waals surface area contributed by atoms with Gasteiger partial charge in [0.25, 0.3) is 5.91 Å². The summed E-state index contributed by atoms with van der Waals surface area (Å²) in [6, 6.07) is 12.2. The molecule has 1 N–H and O–H groups in total. The number of amides is 1. The topological polar surface area (TPSA) is 90.9 Å². The summed E-state index contributed by atoms with van der Waals surface area (Å²) in [6.07, 6.45) is 3.22. The number of aromatic nitrogens is 5. The maximum absolute atomic E-state index is 12.8. The lowest BCUT2D eigenvalue weighted by molar-refractivity contribution is 0.000888. The number of rotatable bonds is 5. The van der Waals surface area contributed by atoms with Crippen LogP contribution < -0.4 is 0 Å². The molecule has 2 aromatic heterocycles. The second kappa shape index (κ2) is 7.85. The van der Waals surface area contributed by atoms with Gasteiger partial charge in [0.15, 0.2) is 5.82 Å². The molecule has 1 amide bonds. The van der Waals surface area contributed by atoms with Crippen molar-refractivity contribution >= 4 is 5.91 Å². The molecule has 2 aliphatic heterocycles. The average Bonchev–Trinajstić information content (AvgIpc) is 3.39. The molecule has 0 aliphatic carbocycles. The molecule has 1 spiro atoms. The molecule has 3 aromatic rings. The summed E-state index contributed by atoms with van der Waals surface area (Å²) in [5.74, 6) is 2.41. The van der Waals surface area contributed by atoms with E-state index in [1.165, 1.54) is 5.56 Å². The quantitative estimate of drug-likeness (QED) is 0.686. The molecular weight excluding hydrogens is 390 g/mol. The first-order valence-corrected chi connectivity index (χ1v) is 10.8. The van der Waals surface area contributed by atoms with Crippen LogP contribution in [-0.2, 0) is 6.54 Å². The molecule has 1 unspecified atom stereocenters. The molecule has 8 nitrogen and oxygen atoms in total. The maximum atomic E-state index is 12.8. The fourth-order valence-electron chi connectivity index (χ4n) is 4.84. The third-order valence-corrected chi connectivity index (χ3v) is 6.39. The Kier molecular flexibility index (Phi) is 5.02. The fourth-order valence-corrected chi connectivity index (χ4v) is 4.84. The second-order valence-corrected chi connectivity index (χ2v) is 9.04. The first-order valence-electron chi connectivity index (χ1n) is 10.8. The summed E-state index contributed by atoms with van der Waals surface area (Å²) >= 11 is 0. The molecule has 31 heavy (non-hydrogen) atoms. The highest BCUT2D eigenvalue weighted by Crippen LogP contribution is 2.49. The molecule has 8 heteroatoms. The van der Waals surface area contributed by atoms with Gasteiger partial charge in [-0.1, -0.05) is 44.2 Å². The summed E-state index contributed by atoms with van der Waals surface area (Å²) in [5.41, 5.74) is 1.26. The van der Waals surface area contributed by atoms with Crippen molar-refractivity contribution in [1.82, 2.24) is 34.9 Å². The average molecular weight is 418 g/mol. The number of aromatic amines is 1. The Bertz CT molecular complexity index is 1040. The van der Waals surface area contributed by atoms with Crippen LogP contribution in [0.3, 0.4) is 0 Å². The molecule has 2 aliphatic rings. The molecule has 160 valence electrons. The number of nitrogens with zero attached hydrogens (tertiary/aromatic N) is 6. The van der Waals surface area contributed by atoms with E-state index in [1.807, 2.05) is 11.0 Å². The molecular formula is C23H27N7O. The van der Waals surface area contributed by atoms with E-state index >= 15 is 0 Å². The van der Waals surface area contributed by atoms with E-state index < -0.39 is 0 Å². The van der Waals surface area contributed by atoms with Crippen LogP contribution in [0, 0.1) is 5.41 Å². The Morgan fingerprint density at radius 2 is 1.87 bits per heavy atom. The van der Waals surface area contributed by atoms with Crippen molar-refractivity contribution in [3.8, 4) is 0 Å². The predicted octanol–water partition coefficient (Wildman–Crippen LogP) is 2.46. The molecule has 0 radical (unpaired) electrons. The molecule has 4 heterocycles. The minimum Gasteiger partial charge on any atom is -0.335 e. The van der Waals surface area contributed by atoms with Crippen LogP contribution in [0.2, 0.25) is 0 Å². The number of nitrogens with one attached hydrogen (secondary N) is 1. The van der Waals surface area contributed by atoms with E-state index in [9.17, 15) is 4.79 Å². The van der Waals surface area contributed by atoms with Crippen molar-refractivity contribution in [3.63, 3.8) is 0 Å². The first-order chi connectivity index (χ1) is 15.0. The fraction of sp³-hybridized carbons (Fsp3) is 0.435. The number of carbonyl (C=O) groups is 1. The summed E-state index contributed by atoms with van der Waals surface area (Å²) in [4.78, 5) is 30.2. The Morgan fingerprint density at radius 3 is 2.55 bits per heavy atom. The summed E-state index contributed by atoms with van der Waals surface area (Å²) < 4.78 is 0. The van der Waals surface area contributed by atoms with Crippen LogP contribution in [0.15, 0.2) is 48.8 Å². The molecule has 1 atom stereocenters. The Labute approximate surface area is 181 Å². The summed E-state index contributed by atoms with van der Waals surface area (Å²) in [6.45, 7) is 8.26. The third-order valence-electron chi connectivity index (χ3n) is 6.39. The molecule has 0 bridgehead atoms. The Morgan fingerprint density at radius 1 is 1.13 bits per heavy atom. The largest absolute Gasteiger partial charge is 0.335 e. The zero-order valence-corrected chi connectivity index (χ0v) is 17.9. The summed E-state index contributed by atoms with van der Waals surface area (Å²) in [5, 5.41) is 7.64. The normalized spacial score (nSPS) is 20.4. The van der Waals surface area contributed by atoms with Gasteiger partial charge in [0.1, 0.15) is 5.82 Å². The van der Waals surface area contributed by atoms with Gasteiger partial charge in [-0.3, -0.25) is 14.8 Å². The number of H-pyrrole nitrogens is 1. The lowest BCUT2D eigenvalue weighted by Gasteiger charge is -2.50. The van der Waals surface area contributed by atoms with Gasteiger partial charge in [-0.05, 0) is 11.6 Å². The number of likely N-dealkylation sites (tertiary alicyclic amines) is 2. The lowest BCUT2D eigenvalue weighted by atomic mass is 9.71. The van der Waals surface area contributed by atoms with E-state index in [4.69, 9.17) is 4.98 Å². The van der Waals surface area contributed by atoms with Crippen molar-refractivity contribution in [2.24, 2.45) is 5.41 Å².